The number of likely N-dealkylation sites (tertiary alicyclic amines) is 1. The van der Waals surface area contributed by atoms with Crippen molar-refractivity contribution in [1.82, 2.24) is 0 Å². The molecule has 0 aliphatic carbocycles. The third-order valence-electron chi connectivity index (χ3n) is 6.54. The van der Waals surface area contributed by atoms with Gasteiger partial charge in [-0.15, -0.1) is 0 Å². The van der Waals surface area contributed by atoms with E-state index in [4.69, 9.17) is 0 Å². The number of benzene rings is 3. The van der Waals surface area contributed by atoms with Gasteiger partial charge in [0.25, 0.3) is 0 Å². The first-order valence-corrected chi connectivity index (χ1v) is 11.0. The predicted octanol–water partition coefficient (Wildman–Crippen LogP) is 5.85. The van der Waals surface area contributed by atoms with E-state index in [0.717, 1.165) is 24.1 Å². The molecule has 1 aliphatic heterocycles. The number of rotatable bonds is 6. The summed E-state index contributed by atoms with van der Waals surface area (Å²) in [7, 11) is 0. The Labute approximate surface area is 174 Å². The molecule has 2 nitrogen and oxygen atoms in total. The summed E-state index contributed by atoms with van der Waals surface area (Å²) in [4.78, 5) is 13.4. The molecule has 3 aromatic rings. The van der Waals surface area contributed by atoms with Crippen LogP contribution in [-0.4, -0.2) is 29.9 Å². The van der Waals surface area contributed by atoms with E-state index in [1.54, 1.807) is 0 Å². The number of ketones is 1. The first-order chi connectivity index (χ1) is 14.2. The Morgan fingerprint density at radius 1 is 0.828 bits per heavy atom. The van der Waals surface area contributed by atoms with E-state index in [1.165, 1.54) is 53.1 Å². The summed E-state index contributed by atoms with van der Waals surface area (Å²) < 4.78 is 0.923. The standard InChI is InChI=1S/C27H32NO/c1-22-15-16-24-13-7-8-14-26(24)27(22)19-25(29)21-28(17-9-2-3-10-18-28)20-23-11-5-4-6-12-23/h4-8,11-16H,2-3,9-10,17-21H2,1H3/q+1. The van der Waals surface area contributed by atoms with Gasteiger partial charge in [-0.1, -0.05) is 66.7 Å². The topological polar surface area (TPSA) is 17.1 Å². The van der Waals surface area contributed by atoms with Crippen molar-refractivity contribution < 1.29 is 9.28 Å². The first kappa shape index (κ1) is 19.8. The van der Waals surface area contributed by atoms with E-state index in [0.29, 0.717) is 18.7 Å². The Kier molecular flexibility index (Phi) is 6.10. The van der Waals surface area contributed by atoms with E-state index in [-0.39, 0.29) is 0 Å². The molecule has 0 amide bonds. The second-order valence-corrected chi connectivity index (χ2v) is 8.80. The largest absolute Gasteiger partial charge is 0.314 e. The van der Waals surface area contributed by atoms with E-state index >= 15 is 0 Å². The van der Waals surface area contributed by atoms with Crippen molar-refractivity contribution in [3.05, 3.63) is 83.4 Å². The fourth-order valence-electron chi connectivity index (χ4n) is 5.01. The highest BCUT2D eigenvalue weighted by Crippen LogP contribution is 2.26. The quantitative estimate of drug-likeness (QED) is 0.486. The average molecular weight is 387 g/mol. The Morgan fingerprint density at radius 3 is 2.28 bits per heavy atom. The summed E-state index contributed by atoms with van der Waals surface area (Å²) in [6.45, 7) is 6.00. The fourth-order valence-corrected chi connectivity index (χ4v) is 5.01. The Bertz CT molecular complexity index is 968. The van der Waals surface area contributed by atoms with Crippen LogP contribution in [0.3, 0.4) is 0 Å². The van der Waals surface area contributed by atoms with E-state index in [9.17, 15) is 4.79 Å². The number of carbonyl (C=O) groups is 1. The molecule has 150 valence electrons. The van der Waals surface area contributed by atoms with Crippen molar-refractivity contribution in [1.29, 1.82) is 0 Å². The van der Waals surface area contributed by atoms with Gasteiger partial charge in [0.1, 0.15) is 13.1 Å². The van der Waals surface area contributed by atoms with Crippen molar-refractivity contribution in [2.75, 3.05) is 19.6 Å². The summed E-state index contributed by atoms with van der Waals surface area (Å²) in [5.74, 6) is 0.377. The molecule has 0 unspecified atom stereocenters. The lowest BCUT2D eigenvalue weighted by atomic mass is 9.95. The van der Waals surface area contributed by atoms with Gasteiger partial charge >= 0.3 is 0 Å². The zero-order valence-electron chi connectivity index (χ0n) is 17.6. The van der Waals surface area contributed by atoms with Gasteiger partial charge in [0.15, 0.2) is 5.78 Å². The lowest BCUT2D eigenvalue weighted by molar-refractivity contribution is -0.932. The molecule has 1 aliphatic rings. The van der Waals surface area contributed by atoms with Crippen molar-refractivity contribution in [3.8, 4) is 0 Å². The van der Waals surface area contributed by atoms with E-state index in [1.807, 2.05) is 0 Å². The summed E-state index contributed by atoms with van der Waals surface area (Å²) >= 11 is 0. The molecule has 0 bridgehead atoms. The maximum Gasteiger partial charge on any atom is 0.191 e. The van der Waals surface area contributed by atoms with Gasteiger partial charge in [0.05, 0.1) is 13.1 Å². The molecule has 0 spiro atoms. The maximum atomic E-state index is 13.4. The molecule has 4 rings (SSSR count). The molecule has 0 atom stereocenters. The van der Waals surface area contributed by atoms with Crippen molar-refractivity contribution >= 4 is 16.6 Å². The van der Waals surface area contributed by atoms with Crippen LogP contribution in [0.15, 0.2) is 66.7 Å². The number of hydrogen-bond acceptors (Lipinski definition) is 1. The minimum atomic E-state index is 0.377. The van der Waals surface area contributed by atoms with E-state index < -0.39 is 0 Å². The van der Waals surface area contributed by atoms with Crippen molar-refractivity contribution in [2.24, 2.45) is 0 Å². The van der Waals surface area contributed by atoms with Gasteiger partial charge in [0, 0.05) is 12.0 Å². The number of aryl methyl sites for hydroxylation is 1. The van der Waals surface area contributed by atoms with Crippen LogP contribution in [0, 0.1) is 6.92 Å². The number of fused-ring (bicyclic) bond motifs is 1. The molecule has 0 radical (unpaired) electrons. The number of quaternary nitrogens is 1. The van der Waals surface area contributed by atoms with Crippen LogP contribution in [0.1, 0.15) is 42.4 Å². The molecule has 0 saturated carbocycles. The number of hydrogen-bond donors (Lipinski definition) is 0. The maximum absolute atomic E-state index is 13.4. The van der Waals surface area contributed by atoms with Gasteiger partial charge in [-0.3, -0.25) is 4.79 Å². The molecular weight excluding hydrogens is 354 g/mol. The lowest BCUT2D eigenvalue weighted by Crippen LogP contribution is -2.51. The van der Waals surface area contributed by atoms with Crippen LogP contribution < -0.4 is 0 Å². The second kappa shape index (κ2) is 8.92. The normalized spacial score (nSPS) is 16.4. The molecule has 29 heavy (non-hydrogen) atoms. The Balaban J connectivity index is 1.58. The molecule has 0 aromatic heterocycles. The smallest absolute Gasteiger partial charge is 0.191 e. The molecule has 1 saturated heterocycles. The lowest BCUT2D eigenvalue weighted by Gasteiger charge is -2.37. The van der Waals surface area contributed by atoms with E-state index in [2.05, 4.69) is 73.7 Å². The summed E-state index contributed by atoms with van der Waals surface area (Å²) in [5, 5.41) is 2.45. The van der Waals surface area contributed by atoms with Crippen molar-refractivity contribution in [3.63, 3.8) is 0 Å². The third-order valence-corrected chi connectivity index (χ3v) is 6.54. The van der Waals surface area contributed by atoms with Gasteiger partial charge in [-0.2, -0.15) is 0 Å². The van der Waals surface area contributed by atoms with Crippen LogP contribution in [0.2, 0.25) is 0 Å². The summed E-state index contributed by atoms with van der Waals surface area (Å²) in [6, 6.07) is 23.5. The molecule has 1 fully saturated rings. The first-order valence-electron chi connectivity index (χ1n) is 11.0. The molecule has 0 N–H and O–H groups in total. The molecular formula is C27H32NO+. The average Bonchev–Trinajstić information content (AvgIpc) is 2.96. The van der Waals surface area contributed by atoms with Crippen molar-refractivity contribution in [2.45, 2.75) is 45.6 Å². The van der Waals surface area contributed by atoms with Gasteiger partial charge in [0.2, 0.25) is 0 Å². The Morgan fingerprint density at radius 2 is 1.52 bits per heavy atom. The SMILES string of the molecule is Cc1ccc2ccccc2c1CC(=O)C[N+]1(Cc2ccccc2)CCCCCC1. The molecule has 1 heterocycles. The van der Waals surface area contributed by atoms with Crippen LogP contribution in [0.25, 0.3) is 10.8 Å². The second-order valence-electron chi connectivity index (χ2n) is 8.80. The minimum Gasteiger partial charge on any atom is -0.314 e. The predicted molar refractivity (Wildman–Crippen MR) is 121 cm³/mol. The van der Waals surface area contributed by atoms with Crippen LogP contribution in [0.5, 0.6) is 0 Å². The number of nitrogens with zero attached hydrogens (tertiary/aromatic N) is 1. The van der Waals surface area contributed by atoms with Crippen LogP contribution in [0.4, 0.5) is 0 Å². The number of Topliss-reactive ketones (excluding diaryl/α,β-unsaturated/α-hetero) is 1. The minimum absolute atomic E-state index is 0.377. The number of carbonyl (C=O) groups excluding carboxylic acids is 1. The monoisotopic (exact) mass is 386 g/mol. The zero-order valence-corrected chi connectivity index (χ0v) is 17.6. The summed E-state index contributed by atoms with van der Waals surface area (Å²) in [5.41, 5.74) is 3.78. The zero-order chi connectivity index (χ0) is 20.1. The highest BCUT2D eigenvalue weighted by Gasteiger charge is 2.31. The fraction of sp³-hybridized carbons (Fsp3) is 0.370. The Hall–Kier alpha value is -2.45. The van der Waals surface area contributed by atoms with Gasteiger partial charge in [-0.25, -0.2) is 0 Å². The molecule has 3 aromatic carbocycles. The third kappa shape index (κ3) is 4.76. The highest BCUT2D eigenvalue weighted by atomic mass is 16.1. The highest BCUT2D eigenvalue weighted by molar-refractivity contribution is 5.92. The van der Waals surface area contributed by atoms with Gasteiger partial charge in [-0.05, 0) is 54.5 Å². The van der Waals surface area contributed by atoms with Crippen LogP contribution >= 0.6 is 0 Å². The van der Waals surface area contributed by atoms with Crippen LogP contribution in [-0.2, 0) is 17.8 Å². The molecule has 2 heteroatoms. The van der Waals surface area contributed by atoms with Gasteiger partial charge < -0.3 is 4.48 Å². The summed E-state index contributed by atoms with van der Waals surface area (Å²) in [6.07, 6.45) is 5.60.